The summed E-state index contributed by atoms with van der Waals surface area (Å²) in [7, 11) is 1.68. The van der Waals surface area contributed by atoms with E-state index in [1.165, 1.54) is 0 Å². The standard InChI is InChI=1S/C9H12ClNO/c1-9(2,12-3)7-4-5-8(10)11-6-7/h4-6H,1-3H3. The van der Waals surface area contributed by atoms with Crippen LogP contribution in [0.25, 0.3) is 0 Å². The van der Waals surface area contributed by atoms with Gasteiger partial charge >= 0.3 is 0 Å². The molecular formula is C9H12ClNO. The summed E-state index contributed by atoms with van der Waals surface area (Å²) in [6.45, 7) is 3.97. The molecule has 0 aliphatic rings. The summed E-state index contributed by atoms with van der Waals surface area (Å²) < 4.78 is 5.28. The lowest BCUT2D eigenvalue weighted by atomic mass is 10.0. The molecule has 1 rings (SSSR count). The monoisotopic (exact) mass is 185 g/mol. The van der Waals surface area contributed by atoms with Gasteiger partial charge < -0.3 is 4.74 Å². The van der Waals surface area contributed by atoms with Crippen molar-refractivity contribution in [3.63, 3.8) is 0 Å². The van der Waals surface area contributed by atoms with Crippen molar-refractivity contribution in [2.75, 3.05) is 7.11 Å². The van der Waals surface area contributed by atoms with Crippen LogP contribution in [0.5, 0.6) is 0 Å². The Bertz CT molecular complexity index is 256. The van der Waals surface area contributed by atoms with Crippen molar-refractivity contribution >= 4 is 11.6 Å². The molecular weight excluding hydrogens is 174 g/mol. The van der Waals surface area contributed by atoms with Crippen LogP contribution in [-0.4, -0.2) is 12.1 Å². The van der Waals surface area contributed by atoms with Gasteiger partial charge in [0.15, 0.2) is 0 Å². The third-order valence-corrected chi connectivity index (χ3v) is 2.16. The lowest BCUT2D eigenvalue weighted by molar-refractivity contribution is 0.0189. The fourth-order valence-corrected chi connectivity index (χ4v) is 0.962. The Kier molecular flexibility index (Phi) is 2.70. The second kappa shape index (κ2) is 3.42. The largest absolute Gasteiger partial charge is 0.374 e. The van der Waals surface area contributed by atoms with Crippen LogP contribution in [0, 0.1) is 0 Å². The van der Waals surface area contributed by atoms with Crippen molar-refractivity contribution in [3.8, 4) is 0 Å². The number of hydrogen-bond donors (Lipinski definition) is 0. The van der Waals surface area contributed by atoms with Crippen molar-refractivity contribution in [2.45, 2.75) is 19.4 Å². The summed E-state index contributed by atoms with van der Waals surface area (Å²) in [5, 5.41) is 0.505. The Morgan fingerprint density at radius 1 is 1.42 bits per heavy atom. The highest BCUT2D eigenvalue weighted by Gasteiger charge is 2.19. The molecule has 1 aromatic rings. The second-order valence-electron chi connectivity index (χ2n) is 3.08. The zero-order valence-electron chi connectivity index (χ0n) is 7.47. The molecule has 0 aliphatic heterocycles. The average molecular weight is 186 g/mol. The first kappa shape index (κ1) is 9.49. The molecule has 0 saturated carbocycles. The number of pyridine rings is 1. The van der Waals surface area contributed by atoms with Crippen molar-refractivity contribution in [2.24, 2.45) is 0 Å². The van der Waals surface area contributed by atoms with Gasteiger partial charge in [-0.2, -0.15) is 0 Å². The van der Waals surface area contributed by atoms with Crippen LogP contribution in [-0.2, 0) is 10.3 Å². The number of ether oxygens (including phenoxy) is 1. The van der Waals surface area contributed by atoms with Crippen molar-refractivity contribution in [1.29, 1.82) is 0 Å². The minimum absolute atomic E-state index is 0.294. The fourth-order valence-electron chi connectivity index (χ4n) is 0.850. The van der Waals surface area contributed by atoms with Crippen LogP contribution in [0.15, 0.2) is 18.3 Å². The van der Waals surface area contributed by atoms with Gasteiger partial charge in [0, 0.05) is 18.9 Å². The molecule has 0 aromatic carbocycles. The van der Waals surface area contributed by atoms with Crippen LogP contribution in [0.4, 0.5) is 0 Å². The molecule has 0 radical (unpaired) electrons. The highest BCUT2D eigenvalue weighted by molar-refractivity contribution is 6.29. The van der Waals surface area contributed by atoms with E-state index in [2.05, 4.69) is 4.98 Å². The zero-order valence-corrected chi connectivity index (χ0v) is 8.22. The fraction of sp³-hybridized carbons (Fsp3) is 0.444. The molecule has 0 spiro atoms. The summed E-state index contributed by atoms with van der Waals surface area (Å²) >= 11 is 5.65. The Hall–Kier alpha value is -0.600. The van der Waals surface area contributed by atoms with E-state index in [1.54, 1.807) is 19.4 Å². The Morgan fingerprint density at radius 3 is 2.50 bits per heavy atom. The van der Waals surface area contributed by atoms with Gasteiger partial charge in [-0.25, -0.2) is 4.98 Å². The highest BCUT2D eigenvalue weighted by atomic mass is 35.5. The lowest BCUT2D eigenvalue weighted by Crippen LogP contribution is -2.19. The van der Waals surface area contributed by atoms with Gasteiger partial charge in [0.25, 0.3) is 0 Å². The van der Waals surface area contributed by atoms with E-state index in [9.17, 15) is 0 Å². The number of nitrogens with zero attached hydrogens (tertiary/aromatic N) is 1. The maximum absolute atomic E-state index is 5.65. The average Bonchev–Trinajstić information content (AvgIpc) is 2.05. The molecule has 0 unspecified atom stereocenters. The van der Waals surface area contributed by atoms with E-state index < -0.39 is 0 Å². The van der Waals surface area contributed by atoms with Gasteiger partial charge in [0.2, 0.25) is 0 Å². The topological polar surface area (TPSA) is 22.1 Å². The van der Waals surface area contributed by atoms with Gasteiger partial charge in [-0.05, 0) is 19.9 Å². The van der Waals surface area contributed by atoms with Crippen LogP contribution in [0.2, 0.25) is 5.15 Å². The minimum Gasteiger partial charge on any atom is -0.374 e. The molecule has 0 amide bonds. The Balaban J connectivity index is 2.96. The van der Waals surface area contributed by atoms with E-state index >= 15 is 0 Å². The first-order valence-corrected chi connectivity index (χ1v) is 4.11. The molecule has 0 bridgehead atoms. The van der Waals surface area contributed by atoms with Crippen molar-refractivity contribution < 1.29 is 4.74 Å². The number of aromatic nitrogens is 1. The SMILES string of the molecule is COC(C)(C)c1ccc(Cl)nc1. The molecule has 0 N–H and O–H groups in total. The normalized spacial score (nSPS) is 11.7. The Morgan fingerprint density at radius 2 is 2.08 bits per heavy atom. The maximum Gasteiger partial charge on any atom is 0.129 e. The van der Waals surface area contributed by atoms with Gasteiger partial charge in [-0.3, -0.25) is 0 Å². The molecule has 0 atom stereocenters. The molecule has 12 heavy (non-hydrogen) atoms. The summed E-state index contributed by atoms with van der Waals surface area (Å²) in [6.07, 6.45) is 1.73. The molecule has 0 saturated heterocycles. The molecule has 1 aromatic heterocycles. The number of methoxy groups -OCH3 is 1. The second-order valence-corrected chi connectivity index (χ2v) is 3.47. The number of hydrogen-bond acceptors (Lipinski definition) is 2. The maximum atomic E-state index is 5.65. The van der Waals surface area contributed by atoms with Crippen LogP contribution >= 0.6 is 11.6 Å². The van der Waals surface area contributed by atoms with Gasteiger partial charge in [-0.1, -0.05) is 17.7 Å². The van der Waals surface area contributed by atoms with E-state index in [0.717, 1.165) is 5.56 Å². The van der Waals surface area contributed by atoms with E-state index in [0.29, 0.717) is 5.15 Å². The summed E-state index contributed by atoms with van der Waals surface area (Å²) in [5.41, 5.74) is 0.729. The van der Waals surface area contributed by atoms with Gasteiger partial charge in [-0.15, -0.1) is 0 Å². The van der Waals surface area contributed by atoms with Gasteiger partial charge in [0.05, 0.1) is 5.60 Å². The molecule has 3 heteroatoms. The third kappa shape index (κ3) is 1.96. The smallest absolute Gasteiger partial charge is 0.129 e. The quantitative estimate of drug-likeness (QED) is 0.661. The van der Waals surface area contributed by atoms with Crippen molar-refractivity contribution in [3.05, 3.63) is 29.0 Å². The minimum atomic E-state index is -0.294. The summed E-state index contributed by atoms with van der Waals surface area (Å²) in [5.74, 6) is 0. The summed E-state index contributed by atoms with van der Waals surface area (Å²) in [6, 6.07) is 3.68. The first-order valence-electron chi connectivity index (χ1n) is 3.73. The molecule has 0 aliphatic carbocycles. The lowest BCUT2D eigenvalue weighted by Gasteiger charge is -2.22. The van der Waals surface area contributed by atoms with E-state index in [4.69, 9.17) is 16.3 Å². The Labute approximate surface area is 77.5 Å². The van der Waals surface area contributed by atoms with E-state index in [-0.39, 0.29) is 5.60 Å². The van der Waals surface area contributed by atoms with Crippen LogP contribution in [0.1, 0.15) is 19.4 Å². The molecule has 2 nitrogen and oxygen atoms in total. The zero-order chi connectivity index (χ0) is 9.19. The predicted molar refractivity (Wildman–Crippen MR) is 49.3 cm³/mol. The van der Waals surface area contributed by atoms with Crippen LogP contribution < -0.4 is 0 Å². The van der Waals surface area contributed by atoms with Crippen LogP contribution in [0.3, 0.4) is 0 Å². The van der Waals surface area contributed by atoms with Gasteiger partial charge in [0.1, 0.15) is 5.15 Å². The molecule has 1 heterocycles. The number of rotatable bonds is 2. The molecule has 0 fully saturated rings. The number of halogens is 1. The third-order valence-electron chi connectivity index (χ3n) is 1.93. The predicted octanol–water partition coefficient (Wildman–Crippen LogP) is 2.62. The van der Waals surface area contributed by atoms with Crippen molar-refractivity contribution in [1.82, 2.24) is 4.98 Å². The first-order chi connectivity index (χ1) is 5.56. The summed E-state index contributed by atoms with van der Waals surface area (Å²) in [4.78, 5) is 3.98. The highest BCUT2D eigenvalue weighted by Crippen LogP contribution is 2.23. The molecule has 66 valence electrons. The van der Waals surface area contributed by atoms with E-state index in [1.807, 2.05) is 19.9 Å².